The monoisotopic (exact) mass is 615 g/mol. The number of nitrogens with one attached hydrogen (secondary N) is 4. The molecule has 1 aliphatic heterocycles. The molecule has 0 atom stereocenters. The minimum Gasteiger partial charge on any atom is -0.379 e. The fourth-order valence-electron chi connectivity index (χ4n) is 5.12. The second-order valence-electron chi connectivity index (χ2n) is 10.9. The van der Waals surface area contributed by atoms with E-state index in [1.807, 2.05) is 0 Å². The van der Waals surface area contributed by atoms with Crippen molar-refractivity contribution in [1.29, 1.82) is 0 Å². The summed E-state index contributed by atoms with van der Waals surface area (Å²) in [4.78, 5) is 58.0. The maximum atomic E-state index is 13.1. The molecule has 0 spiro atoms. The van der Waals surface area contributed by atoms with Gasteiger partial charge in [0, 0.05) is 72.1 Å². The van der Waals surface area contributed by atoms with Gasteiger partial charge in [0.25, 0.3) is 23.6 Å². The molecule has 0 aromatic carbocycles. The smallest absolute Gasteiger partial charge is 0.274 e. The van der Waals surface area contributed by atoms with E-state index in [4.69, 9.17) is 4.74 Å². The molecule has 14 heteroatoms. The van der Waals surface area contributed by atoms with Crippen LogP contribution in [0.5, 0.6) is 0 Å². The normalized spacial score (nSPS) is 13.3. The summed E-state index contributed by atoms with van der Waals surface area (Å²) in [6, 6.07) is 8.29. The van der Waals surface area contributed by atoms with Crippen molar-refractivity contribution in [2.75, 3.05) is 55.3 Å². The van der Waals surface area contributed by atoms with Gasteiger partial charge in [-0.2, -0.15) is 0 Å². The Balaban J connectivity index is 1.17. The second kappa shape index (κ2) is 13.6. The number of carbonyl (C=O) groups excluding carboxylic acids is 4. The first kappa shape index (κ1) is 31.2. The van der Waals surface area contributed by atoms with Crippen molar-refractivity contribution in [2.24, 2.45) is 21.1 Å². The fraction of sp³-hybridized carbons (Fsp3) is 0.323. The van der Waals surface area contributed by atoms with E-state index < -0.39 is 11.8 Å². The first-order valence-corrected chi connectivity index (χ1v) is 14.5. The molecule has 4 N–H and O–H groups in total. The molecule has 0 aliphatic carbocycles. The van der Waals surface area contributed by atoms with Gasteiger partial charge >= 0.3 is 0 Å². The van der Waals surface area contributed by atoms with Crippen molar-refractivity contribution in [3.05, 3.63) is 83.5 Å². The molecule has 4 aromatic heterocycles. The molecule has 1 fully saturated rings. The van der Waals surface area contributed by atoms with Crippen molar-refractivity contribution in [3.63, 3.8) is 0 Å². The molecule has 4 amide bonds. The molecule has 45 heavy (non-hydrogen) atoms. The van der Waals surface area contributed by atoms with Crippen LogP contribution >= 0.6 is 0 Å². The summed E-state index contributed by atoms with van der Waals surface area (Å²) in [7, 11) is 5.13. The van der Waals surface area contributed by atoms with E-state index in [1.54, 1.807) is 96.9 Å². The Kier molecular flexibility index (Phi) is 9.45. The Morgan fingerprint density at radius 2 is 1.24 bits per heavy atom. The Labute approximate surface area is 260 Å². The third-order valence-corrected chi connectivity index (χ3v) is 7.53. The highest BCUT2D eigenvalue weighted by Gasteiger charge is 2.20. The topological polar surface area (TPSA) is 157 Å². The van der Waals surface area contributed by atoms with E-state index in [0.29, 0.717) is 59.6 Å². The van der Waals surface area contributed by atoms with Crippen LogP contribution in [-0.2, 0) is 25.9 Å². The van der Waals surface area contributed by atoms with Gasteiger partial charge in [0.2, 0.25) is 0 Å². The van der Waals surface area contributed by atoms with Crippen LogP contribution in [0.3, 0.4) is 0 Å². The van der Waals surface area contributed by atoms with E-state index in [1.165, 1.54) is 0 Å². The zero-order valence-corrected chi connectivity index (χ0v) is 25.7. The molecule has 1 saturated heterocycles. The molecule has 1 aliphatic rings. The lowest BCUT2D eigenvalue weighted by Crippen LogP contribution is -2.41. The quantitative estimate of drug-likeness (QED) is 0.213. The van der Waals surface area contributed by atoms with Gasteiger partial charge in [-0.15, -0.1) is 0 Å². The van der Waals surface area contributed by atoms with Crippen LogP contribution in [0.2, 0.25) is 0 Å². The highest BCUT2D eigenvalue weighted by Crippen LogP contribution is 2.20. The average Bonchev–Trinajstić information content (AvgIpc) is 3.68. The number of amides is 4. The number of morpholine rings is 1. The minimum atomic E-state index is -0.420. The van der Waals surface area contributed by atoms with Gasteiger partial charge < -0.3 is 39.7 Å². The lowest BCUT2D eigenvalue weighted by molar-refractivity contribution is 0.0383. The minimum absolute atomic E-state index is 0.231. The number of aromatic nitrogens is 4. The number of hydrogen-bond donors (Lipinski definition) is 4. The van der Waals surface area contributed by atoms with Crippen LogP contribution in [0.4, 0.5) is 17.1 Å². The van der Waals surface area contributed by atoms with Gasteiger partial charge in [-0.3, -0.25) is 29.1 Å². The number of carbonyl (C=O) groups is 4. The maximum Gasteiger partial charge on any atom is 0.274 e. The summed E-state index contributed by atoms with van der Waals surface area (Å²) in [5, 5.41) is 11.3. The highest BCUT2D eigenvalue weighted by atomic mass is 16.5. The van der Waals surface area contributed by atoms with Gasteiger partial charge in [-0.25, -0.2) is 0 Å². The number of hydrogen-bond acceptors (Lipinski definition) is 7. The number of anilines is 3. The number of ether oxygens (including phenoxy) is 1. The standard InChI is InChI=1S/C31H37N9O5/c1-20-6-5-7-32-27(20)31(44)36-23-16-26(39(4)19-23)30(43)35-22-15-25(38(3)18-22)29(42)34-21-14-24(37(2)17-21)28(41)33-8-9-40-10-12-45-13-11-40/h5-7,14-19H,8-13H2,1-4H3,(H,33,41)(H,34,42)(H,35,43)(H,36,44). The van der Waals surface area contributed by atoms with Gasteiger partial charge in [0.15, 0.2) is 0 Å². The summed E-state index contributed by atoms with van der Waals surface area (Å²) in [6.45, 7) is 6.14. The Morgan fingerprint density at radius 1 is 0.756 bits per heavy atom. The summed E-state index contributed by atoms with van der Waals surface area (Å²) in [5.41, 5.74) is 3.38. The molecule has 0 bridgehead atoms. The first-order chi connectivity index (χ1) is 21.6. The number of rotatable bonds is 10. The zero-order chi connectivity index (χ0) is 32.1. The average molecular weight is 616 g/mol. The van der Waals surface area contributed by atoms with Crippen molar-refractivity contribution in [2.45, 2.75) is 6.92 Å². The molecule has 0 saturated carbocycles. The first-order valence-electron chi connectivity index (χ1n) is 14.5. The van der Waals surface area contributed by atoms with Crippen LogP contribution in [0.1, 0.15) is 47.5 Å². The van der Waals surface area contributed by atoms with Crippen molar-refractivity contribution >= 4 is 40.7 Å². The molecular weight excluding hydrogens is 578 g/mol. The third kappa shape index (κ3) is 7.48. The van der Waals surface area contributed by atoms with Gasteiger partial charge in [-0.1, -0.05) is 6.07 Å². The summed E-state index contributed by atoms with van der Waals surface area (Å²) in [5.74, 6) is -1.43. The molecular formula is C31H37N9O5. The predicted molar refractivity (Wildman–Crippen MR) is 169 cm³/mol. The SMILES string of the molecule is Cc1cccnc1C(=O)Nc1cc(C(=O)Nc2cc(C(=O)Nc3cc(C(=O)NCCN4CCOCC4)n(C)c3)n(C)c2)n(C)c1. The summed E-state index contributed by atoms with van der Waals surface area (Å²) >= 11 is 0. The van der Waals surface area contributed by atoms with E-state index in [-0.39, 0.29) is 11.8 Å². The largest absolute Gasteiger partial charge is 0.379 e. The third-order valence-electron chi connectivity index (χ3n) is 7.53. The Hall–Kier alpha value is -5.21. The molecule has 5 rings (SSSR count). The van der Waals surface area contributed by atoms with Crippen molar-refractivity contribution in [1.82, 2.24) is 28.9 Å². The van der Waals surface area contributed by atoms with Gasteiger partial charge in [-0.05, 0) is 36.8 Å². The molecule has 236 valence electrons. The fourth-order valence-corrected chi connectivity index (χ4v) is 5.12. The van der Waals surface area contributed by atoms with E-state index in [2.05, 4.69) is 31.2 Å². The predicted octanol–water partition coefficient (Wildman–Crippen LogP) is 2.22. The molecule has 5 heterocycles. The molecule has 0 radical (unpaired) electrons. The van der Waals surface area contributed by atoms with Crippen molar-refractivity contribution < 1.29 is 23.9 Å². The van der Waals surface area contributed by atoms with Crippen LogP contribution in [-0.4, -0.2) is 86.6 Å². The number of aryl methyl sites for hydroxylation is 4. The zero-order valence-electron chi connectivity index (χ0n) is 25.7. The Morgan fingerprint density at radius 3 is 1.76 bits per heavy atom. The lowest BCUT2D eigenvalue weighted by atomic mass is 10.2. The summed E-state index contributed by atoms with van der Waals surface area (Å²) in [6.07, 6.45) is 6.47. The second-order valence-corrected chi connectivity index (χ2v) is 10.9. The van der Waals surface area contributed by atoms with Crippen LogP contribution < -0.4 is 21.3 Å². The van der Waals surface area contributed by atoms with Crippen LogP contribution in [0, 0.1) is 6.92 Å². The number of nitrogens with zero attached hydrogens (tertiary/aromatic N) is 5. The summed E-state index contributed by atoms with van der Waals surface area (Å²) < 4.78 is 10.2. The van der Waals surface area contributed by atoms with Crippen LogP contribution in [0.15, 0.2) is 55.1 Å². The van der Waals surface area contributed by atoms with Crippen LogP contribution in [0.25, 0.3) is 0 Å². The van der Waals surface area contributed by atoms with Gasteiger partial charge in [0.1, 0.15) is 22.8 Å². The Bertz CT molecular complexity index is 1730. The lowest BCUT2D eigenvalue weighted by Gasteiger charge is -2.26. The molecule has 0 unspecified atom stereocenters. The van der Waals surface area contributed by atoms with E-state index in [9.17, 15) is 19.2 Å². The molecule has 14 nitrogen and oxygen atoms in total. The molecule has 4 aromatic rings. The van der Waals surface area contributed by atoms with Gasteiger partial charge in [0.05, 0.1) is 30.3 Å². The highest BCUT2D eigenvalue weighted by molar-refractivity contribution is 6.08. The maximum absolute atomic E-state index is 13.1. The van der Waals surface area contributed by atoms with Crippen molar-refractivity contribution in [3.8, 4) is 0 Å². The van der Waals surface area contributed by atoms with E-state index >= 15 is 0 Å². The van der Waals surface area contributed by atoms with E-state index in [0.717, 1.165) is 25.2 Å². The number of pyridine rings is 1.